The van der Waals surface area contributed by atoms with Crippen molar-refractivity contribution < 1.29 is 44.1 Å². The Bertz CT molecular complexity index is 1920. The number of fused-ring (bicyclic) bond motifs is 1. The fourth-order valence-corrected chi connectivity index (χ4v) is 7.69. The number of aromatic nitrogens is 2. The molecule has 0 aliphatic carbocycles. The molecule has 2 aliphatic rings. The SMILES string of the molecule is CC(=O)N(C(=O)C(N)C(C)C)c1ccc(-c2ncc(C(=O)N(C(=O)C(N)c3ccc(O)cc3)[C@@H]3C(=O)N4[C@@H]3SC(C)(C)[C@@H]4C(=O)O)c(O)n2)cc1. The van der Waals surface area contributed by atoms with Gasteiger partial charge in [0.15, 0.2) is 5.82 Å². The second kappa shape index (κ2) is 13.7. The minimum Gasteiger partial charge on any atom is -0.508 e. The normalized spacial score (nSPS) is 20.2. The molecule has 2 unspecified atom stereocenters. The van der Waals surface area contributed by atoms with Crippen LogP contribution in [0.15, 0.2) is 54.7 Å². The quantitative estimate of drug-likeness (QED) is 0.197. The second-order valence-corrected chi connectivity index (χ2v) is 14.8. The van der Waals surface area contributed by atoms with Crippen LogP contribution < -0.4 is 16.4 Å². The van der Waals surface area contributed by atoms with Gasteiger partial charge in [-0.15, -0.1) is 11.8 Å². The summed E-state index contributed by atoms with van der Waals surface area (Å²) < 4.78 is -0.977. The van der Waals surface area contributed by atoms with E-state index in [9.17, 15) is 44.1 Å². The van der Waals surface area contributed by atoms with E-state index in [1.54, 1.807) is 27.7 Å². The molecule has 51 heavy (non-hydrogen) atoms. The van der Waals surface area contributed by atoms with Gasteiger partial charge in [-0.1, -0.05) is 26.0 Å². The van der Waals surface area contributed by atoms with E-state index < -0.39 is 81.2 Å². The van der Waals surface area contributed by atoms with Crippen LogP contribution in [0.4, 0.5) is 5.69 Å². The molecule has 0 saturated carbocycles. The molecule has 268 valence electrons. The number of hydrogen-bond acceptors (Lipinski definition) is 13. The van der Waals surface area contributed by atoms with E-state index in [1.807, 2.05) is 0 Å². The average Bonchev–Trinajstić information content (AvgIpc) is 3.33. The van der Waals surface area contributed by atoms with Crippen molar-refractivity contribution >= 4 is 53.0 Å². The molecule has 2 fully saturated rings. The molecule has 2 aliphatic heterocycles. The summed E-state index contributed by atoms with van der Waals surface area (Å²) in [5.74, 6) is -6.57. The Morgan fingerprint density at radius 1 is 0.961 bits per heavy atom. The fraction of sp³-hybridized carbons (Fsp3) is 0.353. The molecule has 7 N–H and O–H groups in total. The van der Waals surface area contributed by atoms with Gasteiger partial charge in [-0.3, -0.25) is 28.9 Å². The van der Waals surface area contributed by atoms with Gasteiger partial charge in [0.05, 0.1) is 11.7 Å². The molecule has 0 spiro atoms. The first-order valence-corrected chi connectivity index (χ1v) is 16.7. The Labute approximate surface area is 296 Å². The van der Waals surface area contributed by atoms with Gasteiger partial charge in [0.1, 0.15) is 34.8 Å². The molecule has 2 saturated heterocycles. The molecule has 16 nitrogen and oxygen atoms in total. The Morgan fingerprint density at radius 2 is 1.57 bits per heavy atom. The van der Waals surface area contributed by atoms with Crippen molar-refractivity contribution in [1.29, 1.82) is 0 Å². The number of carboxylic acid groups (broad SMARTS) is 1. The van der Waals surface area contributed by atoms with E-state index in [-0.39, 0.29) is 28.7 Å². The first-order valence-electron chi connectivity index (χ1n) is 15.8. The highest BCUT2D eigenvalue weighted by molar-refractivity contribution is 8.01. The zero-order chi connectivity index (χ0) is 37.7. The van der Waals surface area contributed by atoms with Gasteiger partial charge in [-0.25, -0.2) is 14.7 Å². The van der Waals surface area contributed by atoms with Crippen molar-refractivity contribution in [3.63, 3.8) is 0 Å². The molecule has 0 radical (unpaired) electrons. The van der Waals surface area contributed by atoms with Gasteiger partial charge in [0.2, 0.25) is 11.8 Å². The summed E-state index contributed by atoms with van der Waals surface area (Å²) in [7, 11) is 0. The molecule has 5 amide bonds. The number of nitrogens with zero attached hydrogens (tertiary/aromatic N) is 5. The Kier molecular flexibility index (Phi) is 9.93. The van der Waals surface area contributed by atoms with Crippen LogP contribution in [0.1, 0.15) is 56.6 Å². The van der Waals surface area contributed by atoms with Gasteiger partial charge >= 0.3 is 5.97 Å². The first-order chi connectivity index (χ1) is 23.9. The van der Waals surface area contributed by atoms with Crippen LogP contribution in [0.3, 0.4) is 0 Å². The third-order valence-corrected chi connectivity index (χ3v) is 10.4. The number of aromatic hydroxyl groups is 2. The Morgan fingerprint density at radius 3 is 2.10 bits per heavy atom. The predicted octanol–water partition coefficient (Wildman–Crippen LogP) is 1.60. The minimum absolute atomic E-state index is 0.0582. The van der Waals surface area contributed by atoms with Crippen LogP contribution >= 0.6 is 11.8 Å². The summed E-state index contributed by atoms with van der Waals surface area (Å²) in [6.07, 6.45) is 0.972. The number of imide groups is 2. The summed E-state index contributed by atoms with van der Waals surface area (Å²) in [5, 5.41) is 29.7. The molecule has 3 heterocycles. The lowest BCUT2D eigenvalue weighted by Gasteiger charge is -2.47. The molecule has 1 aromatic heterocycles. The molecule has 17 heteroatoms. The Hall–Kier alpha value is -5.39. The van der Waals surface area contributed by atoms with Crippen LogP contribution in [0.2, 0.25) is 0 Å². The number of thioether (sulfide) groups is 1. The Balaban J connectivity index is 1.48. The monoisotopic (exact) mass is 719 g/mol. The number of phenolic OH excluding ortho intramolecular Hbond substituents is 1. The number of rotatable bonds is 9. The van der Waals surface area contributed by atoms with Crippen molar-refractivity contribution in [2.24, 2.45) is 17.4 Å². The highest BCUT2D eigenvalue weighted by atomic mass is 32.2. The van der Waals surface area contributed by atoms with Gasteiger partial charge in [0, 0.05) is 23.4 Å². The smallest absolute Gasteiger partial charge is 0.327 e. The number of benzene rings is 2. The van der Waals surface area contributed by atoms with E-state index in [0.717, 1.165) is 27.8 Å². The number of β-lactam (4-membered cyclic amide) rings is 1. The van der Waals surface area contributed by atoms with Crippen molar-refractivity contribution in [1.82, 2.24) is 19.8 Å². The topological polar surface area (TPSA) is 251 Å². The minimum atomic E-state index is -1.50. The second-order valence-electron chi connectivity index (χ2n) is 13.1. The maximum atomic E-state index is 14.1. The van der Waals surface area contributed by atoms with E-state index in [2.05, 4.69) is 9.97 Å². The largest absolute Gasteiger partial charge is 0.508 e. The van der Waals surface area contributed by atoms with Crippen LogP contribution in [0.5, 0.6) is 11.6 Å². The zero-order valence-corrected chi connectivity index (χ0v) is 29.1. The summed E-state index contributed by atoms with van der Waals surface area (Å²) in [4.78, 5) is 90.0. The van der Waals surface area contributed by atoms with Crippen molar-refractivity contribution in [2.75, 3.05) is 4.90 Å². The maximum absolute atomic E-state index is 14.1. The van der Waals surface area contributed by atoms with Gasteiger partial charge < -0.3 is 31.7 Å². The van der Waals surface area contributed by atoms with Crippen molar-refractivity contribution in [3.05, 3.63) is 65.9 Å². The lowest BCUT2D eigenvalue weighted by atomic mass is 9.94. The summed E-state index contributed by atoms with van der Waals surface area (Å²) >= 11 is 1.10. The molecule has 3 aromatic rings. The van der Waals surface area contributed by atoms with E-state index in [1.165, 1.54) is 55.5 Å². The number of carbonyl (C=O) groups is 6. The highest BCUT2D eigenvalue weighted by Gasteiger charge is 2.67. The van der Waals surface area contributed by atoms with E-state index in [0.29, 0.717) is 10.5 Å². The van der Waals surface area contributed by atoms with Crippen LogP contribution in [-0.2, 0) is 24.0 Å². The molecular formula is C34H37N7O9S. The van der Waals surface area contributed by atoms with Crippen LogP contribution in [0, 0.1) is 5.92 Å². The molecule has 5 atom stereocenters. The van der Waals surface area contributed by atoms with Crippen molar-refractivity contribution in [3.8, 4) is 23.0 Å². The third-order valence-electron chi connectivity index (χ3n) is 8.82. The lowest BCUT2D eigenvalue weighted by Crippen LogP contribution is -2.72. The predicted molar refractivity (Wildman–Crippen MR) is 184 cm³/mol. The summed E-state index contributed by atoms with van der Waals surface area (Å²) in [6.45, 7) is 8.01. The van der Waals surface area contributed by atoms with E-state index >= 15 is 0 Å². The number of hydrogen-bond donors (Lipinski definition) is 5. The molecular weight excluding hydrogens is 682 g/mol. The number of nitrogens with two attached hydrogens (primary N) is 2. The number of phenols is 1. The molecule has 0 bridgehead atoms. The third kappa shape index (κ3) is 6.62. The fourth-order valence-electron chi connectivity index (χ4n) is 6.02. The molecule has 5 rings (SSSR count). The van der Waals surface area contributed by atoms with Gasteiger partial charge in [-0.2, -0.15) is 4.98 Å². The first kappa shape index (κ1) is 36.9. The summed E-state index contributed by atoms with van der Waals surface area (Å²) in [6, 6.07) is 6.11. The van der Waals surface area contributed by atoms with Crippen LogP contribution in [-0.4, -0.2) is 98.8 Å². The van der Waals surface area contributed by atoms with Crippen LogP contribution in [0.25, 0.3) is 11.4 Å². The number of anilines is 1. The highest BCUT2D eigenvalue weighted by Crippen LogP contribution is 2.52. The average molecular weight is 720 g/mol. The summed E-state index contributed by atoms with van der Waals surface area (Å²) in [5.41, 5.74) is 12.5. The van der Waals surface area contributed by atoms with Gasteiger partial charge in [-0.05, 0) is 61.7 Å². The number of carbonyl (C=O) groups excluding carboxylic acids is 5. The van der Waals surface area contributed by atoms with Gasteiger partial charge in [0.25, 0.3) is 23.6 Å². The molecule has 2 aromatic carbocycles. The number of carboxylic acids is 1. The number of amides is 5. The maximum Gasteiger partial charge on any atom is 0.327 e. The standard InChI is InChI=1S/C34H37N7O9S/c1-15(2)22(35)29(46)39(16(3)42)19-10-6-18(7-11-19)26-37-14-21(27(44)38-26)28(45)40(30(47)23(36)17-8-12-20(43)13-9-17)24-31(48)41-25(33(49)50)34(4,5)51-32(24)41/h6-15,22-25,32,43H,35-36H2,1-5H3,(H,49,50)(H,37,38,44)/t22?,23?,24-,25+,32-/m1/s1. The number of aliphatic carboxylic acids is 1. The zero-order valence-electron chi connectivity index (χ0n) is 28.3. The van der Waals surface area contributed by atoms with Crippen molar-refractivity contribution in [2.45, 2.75) is 68.9 Å². The lowest BCUT2D eigenvalue weighted by molar-refractivity contribution is -0.166. The van der Waals surface area contributed by atoms with E-state index in [4.69, 9.17) is 11.5 Å².